The maximum Gasteiger partial charge on any atom is 0.215 e. The van der Waals surface area contributed by atoms with Crippen LogP contribution in [0.4, 0.5) is 0 Å². The van der Waals surface area contributed by atoms with Crippen molar-refractivity contribution in [1.82, 2.24) is 4.72 Å². The second kappa shape index (κ2) is 7.63. The molecule has 0 radical (unpaired) electrons. The summed E-state index contributed by atoms with van der Waals surface area (Å²) in [5.74, 6) is -0.0945. The van der Waals surface area contributed by atoms with E-state index in [1.807, 2.05) is 13.0 Å². The first-order chi connectivity index (χ1) is 7.05. The molecule has 0 heterocycles. The van der Waals surface area contributed by atoms with Crippen LogP contribution in [0.1, 0.15) is 26.7 Å². The molecule has 0 bridgehead atoms. The molecule has 0 aliphatic heterocycles. The summed E-state index contributed by atoms with van der Waals surface area (Å²) in [6.07, 6.45) is 1.30. The van der Waals surface area contributed by atoms with E-state index in [-0.39, 0.29) is 12.4 Å². The van der Waals surface area contributed by atoms with E-state index in [2.05, 4.69) is 4.72 Å². The molecular formula is C9H18N2O3S. The van der Waals surface area contributed by atoms with Crippen LogP contribution in [0.25, 0.3) is 0 Å². The third-order valence-electron chi connectivity index (χ3n) is 1.76. The van der Waals surface area contributed by atoms with Gasteiger partial charge in [0.15, 0.2) is 0 Å². The van der Waals surface area contributed by atoms with Gasteiger partial charge in [-0.1, -0.05) is 13.3 Å². The molecule has 0 saturated carbocycles. The van der Waals surface area contributed by atoms with Crippen LogP contribution in [-0.2, 0) is 14.8 Å². The summed E-state index contributed by atoms with van der Waals surface area (Å²) < 4.78 is 30.1. The molecule has 0 aliphatic rings. The molecule has 0 saturated heterocycles. The lowest BCUT2D eigenvalue weighted by atomic mass is 10.2. The van der Waals surface area contributed by atoms with E-state index in [1.54, 1.807) is 6.92 Å². The van der Waals surface area contributed by atoms with Crippen LogP contribution in [0, 0.1) is 11.3 Å². The smallest absolute Gasteiger partial charge is 0.215 e. The number of nitrogens with one attached hydrogen (secondary N) is 1. The van der Waals surface area contributed by atoms with Gasteiger partial charge in [-0.3, -0.25) is 0 Å². The summed E-state index contributed by atoms with van der Waals surface area (Å²) in [5, 5.41) is 8.68. The van der Waals surface area contributed by atoms with Gasteiger partial charge >= 0.3 is 0 Å². The van der Waals surface area contributed by atoms with Gasteiger partial charge in [-0.25, -0.2) is 8.42 Å². The van der Waals surface area contributed by atoms with Crippen molar-refractivity contribution in [2.45, 2.75) is 32.7 Å². The molecule has 1 unspecified atom stereocenters. The monoisotopic (exact) mass is 234 g/mol. The number of nitrogens with zero attached hydrogens (tertiary/aromatic N) is 1. The second-order valence-electron chi connectivity index (χ2n) is 3.10. The molecule has 0 aromatic heterocycles. The van der Waals surface area contributed by atoms with E-state index in [0.717, 1.165) is 6.42 Å². The molecule has 0 aromatic carbocycles. The molecule has 0 amide bonds. The van der Waals surface area contributed by atoms with E-state index in [0.29, 0.717) is 13.0 Å². The number of nitriles is 1. The van der Waals surface area contributed by atoms with Crippen molar-refractivity contribution in [2.75, 3.05) is 19.0 Å². The third kappa shape index (κ3) is 7.31. The number of rotatable bonds is 8. The molecule has 6 heteroatoms. The summed E-state index contributed by atoms with van der Waals surface area (Å²) in [6, 6.07) is 1.29. The fourth-order valence-corrected chi connectivity index (χ4v) is 2.09. The average molecular weight is 234 g/mol. The topological polar surface area (TPSA) is 79.2 Å². The Bertz CT molecular complexity index is 295. The Kier molecular flexibility index (Phi) is 7.30. The predicted molar refractivity (Wildman–Crippen MR) is 57.7 cm³/mol. The Labute approximate surface area is 91.5 Å². The van der Waals surface area contributed by atoms with Crippen molar-refractivity contribution in [3.8, 4) is 6.07 Å². The van der Waals surface area contributed by atoms with Crippen LogP contribution in [0.15, 0.2) is 0 Å². The van der Waals surface area contributed by atoms with Crippen LogP contribution < -0.4 is 4.72 Å². The fraction of sp³-hybridized carbons (Fsp3) is 0.889. The lowest BCUT2D eigenvalue weighted by Crippen LogP contribution is -2.36. The standard InChI is InChI=1S/C9H18N2O3S/c1-3-5-9(8-10)11-15(12,13)7-6-14-4-2/h9,11H,3-7H2,1-2H3. The maximum absolute atomic E-state index is 11.4. The highest BCUT2D eigenvalue weighted by atomic mass is 32.2. The van der Waals surface area contributed by atoms with Gasteiger partial charge in [-0.2, -0.15) is 9.98 Å². The fourth-order valence-electron chi connectivity index (χ4n) is 1.03. The number of ether oxygens (including phenoxy) is 1. The van der Waals surface area contributed by atoms with Gasteiger partial charge in [-0.15, -0.1) is 0 Å². The molecule has 1 N–H and O–H groups in total. The van der Waals surface area contributed by atoms with Gasteiger partial charge in [-0.05, 0) is 13.3 Å². The zero-order valence-electron chi connectivity index (χ0n) is 9.19. The SMILES string of the molecule is CCCC(C#N)NS(=O)(=O)CCOCC. The number of hydrogen-bond acceptors (Lipinski definition) is 4. The Morgan fingerprint density at radius 1 is 1.47 bits per heavy atom. The third-order valence-corrected chi connectivity index (χ3v) is 3.10. The van der Waals surface area contributed by atoms with Crippen LogP contribution in [0.3, 0.4) is 0 Å². The second-order valence-corrected chi connectivity index (χ2v) is 4.98. The lowest BCUT2D eigenvalue weighted by Gasteiger charge is -2.10. The average Bonchev–Trinajstić information content (AvgIpc) is 2.17. The number of sulfonamides is 1. The zero-order valence-corrected chi connectivity index (χ0v) is 10.0. The molecule has 5 nitrogen and oxygen atoms in total. The van der Waals surface area contributed by atoms with Crippen molar-refractivity contribution >= 4 is 10.0 Å². The Morgan fingerprint density at radius 3 is 2.60 bits per heavy atom. The summed E-state index contributed by atoms with van der Waals surface area (Å²) in [7, 11) is -3.38. The Balaban J connectivity index is 4.06. The first kappa shape index (κ1) is 14.4. The Morgan fingerprint density at radius 2 is 2.13 bits per heavy atom. The van der Waals surface area contributed by atoms with Gasteiger partial charge in [0.25, 0.3) is 0 Å². The van der Waals surface area contributed by atoms with E-state index in [4.69, 9.17) is 10.00 Å². The quantitative estimate of drug-likeness (QED) is 0.625. The molecule has 0 rings (SSSR count). The largest absolute Gasteiger partial charge is 0.381 e. The van der Waals surface area contributed by atoms with Crippen molar-refractivity contribution in [1.29, 1.82) is 5.26 Å². The van der Waals surface area contributed by atoms with E-state index >= 15 is 0 Å². The molecule has 88 valence electrons. The van der Waals surface area contributed by atoms with Crippen LogP contribution >= 0.6 is 0 Å². The van der Waals surface area contributed by atoms with Gasteiger partial charge in [0, 0.05) is 6.61 Å². The van der Waals surface area contributed by atoms with Crippen LogP contribution in [-0.4, -0.2) is 33.4 Å². The normalized spacial score (nSPS) is 13.4. The van der Waals surface area contributed by atoms with Crippen molar-refractivity contribution in [3.63, 3.8) is 0 Å². The minimum atomic E-state index is -3.38. The first-order valence-corrected chi connectivity index (χ1v) is 6.68. The summed E-state index contributed by atoms with van der Waals surface area (Å²) >= 11 is 0. The lowest BCUT2D eigenvalue weighted by molar-refractivity contribution is 0.163. The van der Waals surface area contributed by atoms with Crippen LogP contribution in [0.5, 0.6) is 0 Å². The van der Waals surface area contributed by atoms with E-state index in [1.165, 1.54) is 0 Å². The highest BCUT2D eigenvalue weighted by Gasteiger charge is 2.16. The van der Waals surface area contributed by atoms with E-state index in [9.17, 15) is 8.42 Å². The molecule has 1 atom stereocenters. The van der Waals surface area contributed by atoms with Crippen molar-refractivity contribution in [3.05, 3.63) is 0 Å². The molecular weight excluding hydrogens is 216 g/mol. The molecule has 0 aromatic rings. The van der Waals surface area contributed by atoms with Crippen molar-refractivity contribution < 1.29 is 13.2 Å². The predicted octanol–water partition coefficient (Wildman–Crippen LogP) is 0.635. The highest BCUT2D eigenvalue weighted by molar-refractivity contribution is 7.89. The van der Waals surface area contributed by atoms with Gasteiger partial charge in [0.1, 0.15) is 6.04 Å². The summed E-state index contributed by atoms with van der Waals surface area (Å²) in [4.78, 5) is 0. The van der Waals surface area contributed by atoms with Crippen LogP contribution in [0.2, 0.25) is 0 Å². The van der Waals surface area contributed by atoms with E-state index < -0.39 is 16.1 Å². The molecule has 0 spiro atoms. The maximum atomic E-state index is 11.4. The molecule has 15 heavy (non-hydrogen) atoms. The van der Waals surface area contributed by atoms with Gasteiger partial charge < -0.3 is 4.74 Å². The molecule has 0 fully saturated rings. The summed E-state index contributed by atoms with van der Waals surface area (Å²) in [5.41, 5.74) is 0. The summed E-state index contributed by atoms with van der Waals surface area (Å²) in [6.45, 7) is 4.36. The van der Waals surface area contributed by atoms with Crippen molar-refractivity contribution in [2.24, 2.45) is 0 Å². The highest BCUT2D eigenvalue weighted by Crippen LogP contribution is 1.98. The van der Waals surface area contributed by atoms with Gasteiger partial charge in [0.05, 0.1) is 18.4 Å². The Hall–Kier alpha value is -0.640. The number of hydrogen-bond donors (Lipinski definition) is 1. The van der Waals surface area contributed by atoms with Gasteiger partial charge in [0.2, 0.25) is 10.0 Å². The first-order valence-electron chi connectivity index (χ1n) is 5.03. The minimum absolute atomic E-state index is 0.0945. The minimum Gasteiger partial charge on any atom is -0.381 e. The molecule has 0 aliphatic carbocycles. The zero-order chi connectivity index (χ0) is 11.7.